The molecule has 0 aliphatic heterocycles. The minimum absolute atomic E-state index is 0.119. The van der Waals surface area contributed by atoms with E-state index in [1.807, 2.05) is 24.3 Å². The van der Waals surface area contributed by atoms with Gasteiger partial charge < -0.3 is 47.4 Å². The molecule has 0 bridgehead atoms. The van der Waals surface area contributed by atoms with Crippen LogP contribution in [0.15, 0.2) is 60.7 Å². The summed E-state index contributed by atoms with van der Waals surface area (Å²) in [5, 5.41) is 66.1. The normalized spacial score (nSPS) is 11.9. The number of phenols is 6. The second-order valence-electron chi connectivity index (χ2n) is 14.5. The van der Waals surface area contributed by atoms with E-state index >= 15 is 0 Å². The highest BCUT2D eigenvalue weighted by molar-refractivity contribution is 5.49. The Bertz CT molecular complexity index is 1770. The molecular formula is C41H56N4O6. The molecule has 0 atom stereocenters. The molecule has 0 aliphatic carbocycles. The van der Waals surface area contributed by atoms with Gasteiger partial charge in [-0.1, -0.05) is 64.1 Å². The molecule has 0 fully saturated rings. The molecule has 0 aromatic heterocycles. The summed E-state index contributed by atoms with van der Waals surface area (Å²) >= 11 is 0. The Morgan fingerprint density at radius 1 is 0.647 bits per heavy atom. The smallest absolute Gasteiger partial charge is 0.157 e. The third kappa shape index (κ3) is 10.5. The van der Waals surface area contributed by atoms with Crippen molar-refractivity contribution >= 4 is 0 Å². The molecular weight excluding hydrogens is 644 g/mol. The average molecular weight is 701 g/mol. The summed E-state index contributed by atoms with van der Waals surface area (Å²) in [6.07, 6.45) is 2.55. The third-order valence-corrected chi connectivity index (χ3v) is 9.46. The fourth-order valence-corrected chi connectivity index (χ4v) is 6.67. The lowest BCUT2D eigenvalue weighted by atomic mass is 9.81. The van der Waals surface area contributed by atoms with Crippen LogP contribution in [0.1, 0.15) is 78.1 Å². The maximum atomic E-state index is 11.8. The molecule has 0 heterocycles. The fraction of sp³-hybridized carbons (Fsp3) is 0.415. The first kappa shape index (κ1) is 39.3. The molecule has 276 valence electrons. The number of hydrogen-bond donors (Lipinski definition) is 9. The molecule has 0 saturated carbocycles. The van der Waals surface area contributed by atoms with Gasteiger partial charge in [-0.25, -0.2) is 0 Å². The van der Waals surface area contributed by atoms with E-state index in [2.05, 4.69) is 37.9 Å². The molecule has 4 rings (SSSR count). The van der Waals surface area contributed by atoms with Crippen molar-refractivity contribution in [3.63, 3.8) is 0 Å². The van der Waals surface area contributed by atoms with Crippen LogP contribution in [0.2, 0.25) is 0 Å². The first-order valence-corrected chi connectivity index (χ1v) is 17.8. The van der Waals surface area contributed by atoms with Gasteiger partial charge in [0.1, 0.15) is 11.5 Å². The molecule has 51 heavy (non-hydrogen) atoms. The first-order valence-electron chi connectivity index (χ1n) is 17.8. The summed E-state index contributed by atoms with van der Waals surface area (Å²) in [5.74, 6) is -0.0313. The van der Waals surface area contributed by atoms with Gasteiger partial charge in [0.05, 0.1) is 0 Å². The van der Waals surface area contributed by atoms with Gasteiger partial charge >= 0.3 is 0 Å². The minimum atomic E-state index is -0.546. The van der Waals surface area contributed by atoms with Crippen LogP contribution >= 0.6 is 0 Å². The van der Waals surface area contributed by atoms with E-state index in [4.69, 9.17) is 11.5 Å². The van der Waals surface area contributed by atoms with Gasteiger partial charge in [0.25, 0.3) is 0 Å². The van der Waals surface area contributed by atoms with Crippen LogP contribution in [-0.4, -0.2) is 68.3 Å². The third-order valence-electron chi connectivity index (χ3n) is 9.46. The van der Waals surface area contributed by atoms with E-state index in [1.54, 1.807) is 24.3 Å². The van der Waals surface area contributed by atoms with E-state index in [0.717, 1.165) is 44.5 Å². The second kappa shape index (κ2) is 17.6. The molecule has 10 nitrogen and oxygen atoms in total. The number of nitrogens with one attached hydrogen (secondary N) is 1. The standard InChI is InChI=1S/C41H56N4O6/c1-26(2)33-19-29(9-13-42)18-32(39(33)50)24-45(16-12-28-6-8-36(47)38(49)22-28)25-41(3,4)34-20-30(10-14-43)17-31(40(34)51)23-44-15-11-27-5-7-35(46)37(48)21-27/h5-8,17-22,26,44,46-51H,9-16,23-25,42-43H2,1-4H3. The Balaban J connectivity index is 1.63. The maximum Gasteiger partial charge on any atom is 0.157 e. The molecule has 0 amide bonds. The summed E-state index contributed by atoms with van der Waals surface area (Å²) in [5.41, 5.74) is 18.5. The van der Waals surface area contributed by atoms with Gasteiger partial charge in [-0.15, -0.1) is 0 Å². The fourth-order valence-electron chi connectivity index (χ4n) is 6.67. The Labute approximate surface area is 302 Å². The van der Waals surface area contributed by atoms with Crippen molar-refractivity contribution in [3.8, 4) is 34.5 Å². The summed E-state index contributed by atoms with van der Waals surface area (Å²) in [7, 11) is 0. The summed E-state index contributed by atoms with van der Waals surface area (Å²) in [6.45, 7) is 11.9. The Hall–Kier alpha value is -4.48. The largest absolute Gasteiger partial charge is 0.507 e. The molecule has 4 aromatic rings. The van der Waals surface area contributed by atoms with Crippen molar-refractivity contribution in [1.29, 1.82) is 0 Å². The van der Waals surface area contributed by atoms with Crippen molar-refractivity contribution in [2.75, 3.05) is 32.7 Å². The molecule has 0 unspecified atom stereocenters. The summed E-state index contributed by atoms with van der Waals surface area (Å²) in [6, 6.07) is 17.7. The molecule has 4 aromatic carbocycles. The van der Waals surface area contributed by atoms with Gasteiger partial charge in [-0.3, -0.25) is 4.90 Å². The Morgan fingerprint density at radius 2 is 1.22 bits per heavy atom. The lowest BCUT2D eigenvalue weighted by Crippen LogP contribution is -2.38. The zero-order chi connectivity index (χ0) is 37.3. The predicted octanol–water partition coefficient (Wildman–Crippen LogP) is 5.40. The summed E-state index contributed by atoms with van der Waals surface area (Å²) < 4.78 is 0. The quantitative estimate of drug-likeness (QED) is 0.0480. The maximum absolute atomic E-state index is 11.8. The Kier molecular flexibility index (Phi) is 13.6. The van der Waals surface area contributed by atoms with Crippen molar-refractivity contribution in [1.82, 2.24) is 10.2 Å². The monoisotopic (exact) mass is 700 g/mol. The molecule has 0 spiro atoms. The molecule has 10 heteroatoms. The highest BCUT2D eigenvalue weighted by atomic mass is 16.3. The molecule has 0 saturated heterocycles. The van der Waals surface area contributed by atoms with Gasteiger partial charge in [0, 0.05) is 48.3 Å². The van der Waals surface area contributed by atoms with Crippen LogP contribution in [0.4, 0.5) is 0 Å². The van der Waals surface area contributed by atoms with Crippen molar-refractivity contribution in [2.45, 2.75) is 77.8 Å². The molecule has 0 radical (unpaired) electrons. The van der Waals surface area contributed by atoms with Crippen LogP contribution in [0, 0.1) is 0 Å². The number of aromatic hydroxyl groups is 6. The van der Waals surface area contributed by atoms with E-state index in [0.29, 0.717) is 71.5 Å². The molecule has 0 aliphatic rings. The Morgan fingerprint density at radius 3 is 1.78 bits per heavy atom. The van der Waals surface area contributed by atoms with E-state index in [9.17, 15) is 30.6 Å². The van der Waals surface area contributed by atoms with Gasteiger partial charge in [0.2, 0.25) is 0 Å². The zero-order valence-electron chi connectivity index (χ0n) is 30.4. The topological polar surface area (TPSA) is 189 Å². The van der Waals surface area contributed by atoms with E-state index in [-0.39, 0.29) is 40.4 Å². The van der Waals surface area contributed by atoms with Gasteiger partial charge in [-0.05, 0) is 103 Å². The highest BCUT2D eigenvalue weighted by Gasteiger charge is 2.29. The van der Waals surface area contributed by atoms with Crippen molar-refractivity contribution < 1.29 is 30.6 Å². The number of nitrogens with zero attached hydrogens (tertiary/aromatic N) is 1. The van der Waals surface area contributed by atoms with Crippen LogP contribution in [0.5, 0.6) is 34.5 Å². The van der Waals surface area contributed by atoms with Gasteiger partial charge in [-0.2, -0.15) is 0 Å². The zero-order valence-corrected chi connectivity index (χ0v) is 30.4. The lowest BCUT2D eigenvalue weighted by molar-refractivity contribution is 0.213. The average Bonchev–Trinajstić information content (AvgIpc) is 3.07. The van der Waals surface area contributed by atoms with Crippen LogP contribution in [0.25, 0.3) is 0 Å². The van der Waals surface area contributed by atoms with Crippen LogP contribution in [0.3, 0.4) is 0 Å². The lowest BCUT2D eigenvalue weighted by Gasteiger charge is -2.35. The number of benzene rings is 4. The second-order valence-corrected chi connectivity index (χ2v) is 14.5. The number of phenolic OH excluding ortho intramolecular Hbond substituents is 6. The highest BCUT2D eigenvalue weighted by Crippen LogP contribution is 2.38. The van der Waals surface area contributed by atoms with E-state index in [1.165, 1.54) is 12.1 Å². The van der Waals surface area contributed by atoms with Crippen molar-refractivity contribution in [2.24, 2.45) is 11.5 Å². The summed E-state index contributed by atoms with van der Waals surface area (Å²) in [4.78, 5) is 2.26. The first-order chi connectivity index (χ1) is 24.2. The number of rotatable bonds is 18. The number of hydrogen-bond acceptors (Lipinski definition) is 10. The number of nitrogens with two attached hydrogens (primary N) is 2. The van der Waals surface area contributed by atoms with Crippen molar-refractivity contribution in [3.05, 3.63) is 105 Å². The SMILES string of the molecule is CC(C)c1cc(CCN)cc(CN(CCc2ccc(O)c(O)c2)CC(C)(C)c2cc(CCN)cc(CNCCc3ccc(O)c(O)c3)c2O)c1O. The van der Waals surface area contributed by atoms with Gasteiger partial charge in [0.15, 0.2) is 23.0 Å². The van der Waals surface area contributed by atoms with Crippen LogP contribution in [-0.2, 0) is 44.2 Å². The minimum Gasteiger partial charge on any atom is -0.507 e. The van der Waals surface area contributed by atoms with E-state index < -0.39 is 5.41 Å². The predicted molar refractivity (Wildman–Crippen MR) is 203 cm³/mol. The van der Waals surface area contributed by atoms with Crippen LogP contribution < -0.4 is 16.8 Å². The molecule has 11 N–H and O–H groups in total.